The molecule has 0 radical (unpaired) electrons. The van der Waals surface area contributed by atoms with Crippen LogP contribution >= 0.6 is 16.3 Å². The van der Waals surface area contributed by atoms with Crippen LogP contribution in [0.25, 0.3) is 0 Å². The molecule has 0 rings (SSSR count). The molecule has 0 saturated heterocycles. The number of allylic oxidation sites excluding steroid dienone is 1. The van der Waals surface area contributed by atoms with Crippen LogP contribution < -0.4 is 0 Å². The van der Waals surface area contributed by atoms with Crippen molar-refractivity contribution in [1.29, 1.82) is 0 Å². The Hall–Kier alpha value is -1.10. The normalized spacial score (nSPS) is 8.77. The Bertz CT molecular complexity index is 257. The van der Waals surface area contributed by atoms with Gasteiger partial charge in [-0.2, -0.15) is 0 Å². The van der Waals surface area contributed by atoms with E-state index in [2.05, 4.69) is 38.0 Å². The third-order valence-electron chi connectivity index (χ3n) is 0.999. The van der Waals surface area contributed by atoms with Gasteiger partial charge in [0.15, 0.2) is 16.3 Å². The van der Waals surface area contributed by atoms with E-state index < -0.39 is 11.9 Å². The number of hydrogen-bond donors (Lipinski definition) is 0. The number of esters is 1. The summed E-state index contributed by atoms with van der Waals surface area (Å²) in [6.45, 7) is 8.25. The minimum atomic E-state index is -0.676. The summed E-state index contributed by atoms with van der Waals surface area (Å²) in [5.74, 6) is -1.03. The second-order valence-corrected chi connectivity index (χ2v) is 2.64. The molecule has 5 heteroatoms. The smallest absolute Gasteiger partial charge is 0.339 e. The van der Waals surface area contributed by atoms with Crippen molar-refractivity contribution in [3.05, 3.63) is 24.5 Å². The summed E-state index contributed by atoms with van der Waals surface area (Å²) in [6.07, 6.45) is -0.211. The minimum absolute atomic E-state index is 0.0208. The monoisotopic (exact) mass is 248 g/mol. The van der Waals surface area contributed by atoms with Crippen LogP contribution in [0, 0.1) is 0 Å². The van der Waals surface area contributed by atoms with Crippen LogP contribution in [0.3, 0.4) is 0 Å². The summed E-state index contributed by atoms with van der Waals surface area (Å²) in [7, 11) is 0. The van der Waals surface area contributed by atoms with Gasteiger partial charge in [-0.15, -0.1) is 0 Å². The standard InChI is InChI=1S/C8H9BrO4/c1-5(2)12-8(11)6(3)4-7(10)13-9/h1,3-4H2,2H3. The summed E-state index contributed by atoms with van der Waals surface area (Å²) >= 11 is 2.48. The van der Waals surface area contributed by atoms with Crippen LogP contribution in [0.4, 0.5) is 0 Å². The molecule has 0 heterocycles. The highest BCUT2D eigenvalue weighted by atomic mass is 79.9. The number of carbonyl (C=O) groups is 2. The molecule has 0 aliphatic heterocycles. The molecule has 0 aromatic rings. The Morgan fingerprint density at radius 2 is 1.92 bits per heavy atom. The fourth-order valence-electron chi connectivity index (χ4n) is 0.504. The summed E-state index contributed by atoms with van der Waals surface area (Å²) < 4.78 is 8.76. The molecule has 0 saturated carbocycles. The van der Waals surface area contributed by atoms with Gasteiger partial charge in [0.25, 0.3) is 0 Å². The zero-order valence-corrected chi connectivity index (χ0v) is 8.72. The second kappa shape index (κ2) is 5.53. The van der Waals surface area contributed by atoms with Crippen LogP contribution in [-0.2, 0) is 18.2 Å². The molecule has 72 valence electrons. The van der Waals surface area contributed by atoms with Gasteiger partial charge in [-0.25, -0.2) is 4.79 Å². The Morgan fingerprint density at radius 1 is 1.38 bits per heavy atom. The summed E-state index contributed by atoms with van der Waals surface area (Å²) in [5, 5.41) is 0. The molecule has 0 spiro atoms. The van der Waals surface area contributed by atoms with E-state index in [0.717, 1.165) is 0 Å². The lowest BCUT2D eigenvalue weighted by atomic mass is 10.2. The summed E-state index contributed by atoms with van der Waals surface area (Å²) in [5.41, 5.74) is 0.0208. The lowest BCUT2D eigenvalue weighted by Crippen LogP contribution is -2.09. The molecule has 0 aromatic carbocycles. The van der Waals surface area contributed by atoms with E-state index in [0.29, 0.717) is 0 Å². The molecule has 0 bridgehead atoms. The topological polar surface area (TPSA) is 52.6 Å². The zero-order valence-electron chi connectivity index (χ0n) is 7.13. The number of carbonyl (C=O) groups excluding carboxylic acids is 2. The van der Waals surface area contributed by atoms with Crippen LogP contribution in [0.5, 0.6) is 0 Å². The molecular weight excluding hydrogens is 240 g/mol. The highest BCUT2D eigenvalue weighted by Crippen LogP contribution is 2.06. The van der Waals surface area contributed by atoms with E-state index in [4.69, 9.17) is 0 Å². The Balaban J connectivity index is 4.04. The molecule has 0 atom stereocenters. The molecular formula is C8H9BrO4. The van der Waals surface area contributed by atoms with Crippen LogP contribution in [0.15, 0.2) is 24.5 Å². The molecule has 0 N–H and O–H groups in total. The first-order valence-electron chi connectivity index (χ1n) is 3.34. The van der Waals surface area contributed by atoms with Crippen molar-refractivity contribution in [1.82, 2.24) is 0 Å². The van der Waals surface area contributed by atoms with Gasteiger partial charge < -0.3 is 8.57 Å². The van der Waals surface area contributed by atoms with E-state index in [-0.39, 0.29) is 17.8 Å². The van der Waals surface area contributed by atoms with Crippen molar-refractivity contribution in [2.24, 2.45) is 0 Å². The van der Waals surface area contributed by atoms with Gasteiger partial charge in [0.1, 0.15) is 0 Å². The third kappa shape index (κ3) is 5.19. The van der Waals surface area contributed by atoms with Crippen molar-refractivity contribution in [2.45, 2.75) is 13.3 Å². The van der Waals surface area contributed by atoms with Crippen molar-refractivity contribution in [3.63, 3.8) is 0 Å². The van der Waals surface area contributed by atoms with E-state index in [1.165, 1.54) is 6.92 Å². The largest absolute Gasteiger partial charge is 0.429 e. The van der Waals surface area contributed by atoms with E-state index in [1.807, 2.05) is 0 Å². The van der Waals surface area contributed by atoms with Crippen molar-refractivity contribution >= 4 is 28.2 Å². The van der Waals surface area contributed by atoms with Gasteiger partial charge in [0.2, 0.25) is 0 Å². The molecule has 0 aliphatic carbocycles. The van der Waals surface area contributed by atoms with E-state index in [1.54, 1.807) is 0 Å². The minimum Gasteiger partial charge on any atom is -0.429 e. The lowest BCUT2D eigenvalue weighted by Gasteiger charge is -2.03. The quantitative estimate of drug-likeness (QED) is 0.433. The number of rotatable bonds is 4. The highest BCUT2D eigenvalue weighted by Gasteiger charge is 2.13. The number of ether oxygens (including phenoxy) is 1. The highest BCUT2D eigenvalue weighted by molar-refractivity contribution is 9.06. The van der Waals surface area contributed by atoms with Gasteiger partial charge >= 0.3 is 11.9 Å². The van der Waals surface area contributed by atoms with Crippen LogP contribution in [0.1, 0.15) is 13.3 Å². The SMILES string of the molecule is C=C(C)OC(=O)C(=C)CC(=O)OBr. The number of halogens is 1. The zero-order chi connectivity index (χ0) is 10.4. The summed E-state index contributed by atoms with van der Waals surface area (Å²) in [4.78, 5) is 21.7. The lowest BCUT2D eigenvalue weighted by molar-refractivity contribution is -0.138. The van der Waals surface area contributed by atoms with Gasteiger partial charge in [-0.3, -0.25) is 4.79 Å². The van der Waals surface area contributed by atoms with E-state index in [9.17, 15) is 9.59 Å². The second-order valence-electron chi connectivity index (χ2n) is 2.32. The first-order chi connectivity index (χ1) is 5.97. The fourth-order valence-corrected chi connectivity index (χ4v) is 0.619. The molecule has 0 amide bonds. The molecule has 13 heavy (non-hydrogen) atoms. The first-order valence-corrected chi connectivity index (χ1v) is 3.99. The first kappa shape index (κ1) is 11.9. The molecule has 4 nitrogen and oxygen atoms in total. The van der Waals surface area contributed by atoms with Gasteiger partial charge in [0.05, 0.1) is 12.2 Å². The average molecular weight is 249 g/mol. The summed E-state index contributed by atoms with van der Waals surface area (Å²) in [6, 6.07) is 0. The fraction of sp³-hybridized carbons (Fsp3) is 0.250. The average Bonchev–Trinajstić information content (AvgIpc) is 2.02. The van der Waals surface area contributed by atoms with Crippen LogP contribution in [0.2, 0.25) is 0 Å². The van der Waals surface area contributed by atoms with Crippen LogP contribution in [-0.4, -0.2) is 11.9 Å². The van der Waals surface area contributed by atoms with Gasteiger partial charge in [0, 0.05) is 5.57 Å². The molecule has 0 unspecified atom stereocenters. The van der Waals surface area contributed by atoms with Crippen molar-refractivity contribution in [2.75, 3.05) is 0 Å². The molecule has 0 aromatic heterocycles. The molecule has 0 fully saturated rings. The Morgan fingerprint density at radius 3 is 2.31 bits per heavy atom. The van der Waals surface area contributed by atoms with E-state index >= 15 is 0 Å². The maximum atomic E-state index is 11.0. The predicted molar refractivity (Wildman–Crippen MR) is 49.7 cm³/mol. The third-order valence-corrected chi connectivity index (χ3v) is 1.36. The Labute approximate surface area is 84.7 Å². The van der Waals surface area contributed by atoms with Crippen molar-refractivity contribution < 1.29 is 18.2 Å². The maximum Gasteiger partial charge on any atom is 0.339 e. The predicted octanol–water partition coefficient (Wildman–Crippen LogP) is 1.86. The number of hydrogen-bond acceptors (Lipinski definition) is 4. The van der Waals surface area contributed by atoms with Crippen molar-refractivity contribution in [3.8, 4) is 0 Å². The maximum absolute atomic E-state index is 11.0. The van der Waals surface area contributed by atoms with Gasteiger partial charge in [-0.05, 0) is 6.92 Å². The van der Waals surface area contributed by atoms with Gasteiger partial charge in [-0.1, -0.05) is 13.2 Å². The Kier molecular flexibility index (Phi) is 5.06. The molecule has 0 aliphatic rings.